The highest BCUT2D eigenvalue weighted by molar-refractivity contribution is 6.00. The molecular weight excluding hydrogens is 466 g/mol. The maximum atomic E-state index is 13.4. The van der Waals surface area contributed by atoms with Gasteiger partial charge < -0.3 is 19.5 Å². The van der Waals surface area contributed by atoms with Crippen molar-refractivity contribution >= 4 is 5.91 Å². The quantitative estimate of drug-likeness (QED) is 0.305. The van der Waals surface area contributed by atoms with Gasteiger partial charge in [-0.2, -0.15) is 5.10 Å². The van der Waals surface area contributed by atoms with Gasteiger partial charge in [0, 0.05) is 17.7 Å². The molecule has 1 aliphatic rings. The second-order valence-corrected chi connectivity index (χ2v) is 9.17. The zero-order chi connectivity index (χ0) is 26.1. The number of methoxy groups -OCH3 is 1. The summed E-state index contributed by atoms with van der Waals surface area (Å²) in [6.07, 6.45) is 1.70. The highest BCUT2D eigenvalue weighted by Gasteiger charge is 2.42. The number of hydrogen-bond acceptors (Lipinski definition) is 5. The van der Waals surface area contributed by atoms with E-state index in [9.17, 15) is 9.90 Å². The molecule has 0 radical (unpaired) electrons. The van der Waals surface area contributed by atoms with Gasteiger partial charge in [0.1, 0.15) is 23.7 Å². The molecule has 1 aromatic heterocycles. The zero-order valence-electron chi connectivity index (χ0n) is 21.1. The van der Waals surface area contributed by atoms with Crippen LogP contribution in [-0.4, -0.2) is 39.8 Å². The molecule has 188 valence electrons. The number of H-pyrrole nitrogens is 1. The van der Waals surface area contributed by atoms with E-state index in [4.69, 9.17) is 9.47 Å². The summed E-state index contributed by atoms with van der Waals surface area (Å²) < 4.78 is 11.7. The molecule has 2 N–H and O–H groups in total. The van der Waals surface area contributed by atoms with E-state index >= 15 is 0 Å². The number of fused-ring (bicyclic) bond motifs is 1. The summed E-state index contributed by atoms with van der Waals surface area (Å²) in [6, 6.07) is 18.8. The molecule has 1 aliphatic heterocycles. The number of carbonyl (C=O) groups excluding carboxylic acids is 1. The van der Waals surface area contributed by atoms with Gasteiger partial charge in [-0.1, -0.05) is 48.5 Å². The Bertz CT molecular complexity index is 1450. The van der Waals surface area contributed by atoms with Crippen molar-refractivity contribution in [3.05, 3.63) is 107 Å². The fourth-order valence-electron chi connectivity index (χ4n) is 5.02. The van der Waals surface area contributed by atoms with Crippen molar-refractivity contribution in [2.75, 3.05) is 13.7 Å². The van der Waals surface area contributed by atoms with E-state index in [1.807, 2.05) is 68.4 Å². The molecule has 0 fully saturated rings. The number of benzene rings is 3. The van der Waals surface area contributed by atoms with E-state index in [0.29, 0.717) is 47.2 Å². The standard InChI is InChI=1S/C30H29N3O4/c1-5-13-33-29(21-11-12-23(24(16-21)36-4)37-17-20-9-7-6-8-10-20)26-27(31-32-28(26)30(33)35)25-19(3)14-18(2)15-22(25)34/h5-12,14-16,29,34H,1,13,17H2,2-4H3,(H,31,32). The lowest BCUT2D eigenvalue weighted by molar-refractivity contribution is 0.0764. The van der Waals surface area contributed by atoms with Gasteiger partial charge in [-0.25, -0.2) is 0 Å². The number of aromatic nitrogens is 2. The lowest BCUT2D eigenvalue weighted by Gasteiger charge is -2.26. The molecule has 0 saturated carbocycles. The minimum Gasteiger partial charge on any atom is -0.507 e. The summed E-state index contributed by atoms with van der Waals surface area (Å²) in [4.78, 5) is 15.1. The highest BCUT2D eigenvalue weighted by Crippen LogP contribution is 2.46. The number of aromatic hydroxyl groups is 1. The van der Waals surface area contributed by atoms with Crippen LogP contribution in [0.3, 0.4) is 0 Å². The normalized spacial score (nSPS) is 14.5. The number of ether oxygens (including phenoxy) is 2. The van der Waals surface area contributed by atoms with Gasteiger partial charge in [-0.15, -0.1) is 6.58 Å². The molecule has 1 amide bonds. The minimum absolute atomic E-state index is 0.127. The Morgan fingerprint density at radius 2 is 1.89 bits per heavy atom. The van der Waals surface area contributed by atoms with Crippen molar-refractivity contribution in [1.29, 1.82) is 0 Å². The third-order valence-corrected chi connectivity index (χ3v) is 6.63. The van der Waals surface area contributed by atoms with Crippen molar-refractivity contribution in [2.45, 2.75) is 26.5 Å². The van der Waals surface area contributed by atoms with Crippen LogP contribution in [0.2, 0.25) is 0 Å². The van der Waals surface area contributed by atoms with Gasteiger partial charge in [0.2, 0.25) is 0 Å². The van der Waals surface area contributed by atoms with E-state index in [2.05, 4.69) is 16.8 Å². The lowest BCUT2D eigenvalue weighted by Crippen LogP contribution is -2.29. The highest BCUT2D eigenvalue weighted by atomic mass is 16.5. The van der Waals surface area contributed by atoms with Crippen LogP contribution in [0.1, 0.15) is 44.3 Å². The van der Waals surface area contributed by atoms with Crippen LogP contribution in [0, 0.1) is 13.8 Å². The Balaban J connectivity index is 1.58. The number of nitrogens with one attached hydrogen (secondary N) is 1. The fourth-order valence-corrected chi connectivity index (χ4v) is 5.02. The van der Waals surface area contributed by atoms with Crippen molar-refractivity contribution in [3.8, 4) is 28.5 Å². The largest absolute Gasteiger partial charge is 0.507 e. The van der Waals surface area contributed by atoms with E-state index in [1.54, 1.807) is 24.2 Å². The number of phenols is 1. The molecular formula is C30H29N3O4. The fraction of sp³-hybridized carbons (Fsp3) is 0.200. The first-order chi connectivity index (χ1) is 17.9. The molecule has 0 aliphatic carbocycles. The Labute approximate surface area is 216 Å². The zero-order valence-corrected chi connectivity index (χ0v) is 21.1. The van der Waals surface area contributed by atoms with Gasteiger partial charge in [-0.05, 0) is 54.3 Å². The van der Waals surface area contributed by atoms with Crippen molar-refractivity contribution in [2.24, 2.45) is 0 Å². The maximum absolute atomic E-state index is 13.4. The smallest absolute Gasteiger partial charge is 0.273 e. The molecule has 1 unspecified atom stereocenters. The summed E-state index contributed by atoms with van der Waals surface area (Å²) in [5.74, 6) is 1.12. The number of carbonyl (C=O) groups is 1. The first-order valence-corrected chi connectivity index (χ1v) is 12.1. The van der Waals surface area contributed by atoms with E-state index in [1.165, 1.54) is 0 Å². The molecule has 7 nitrogen and oxygen atoms in total. The Hall–Kier alpha value is -4.52. The summed E-state index contributed by atoms with van der Waals surface area (Å²) in [5, 5.41) is 18.3. The SMILES string of the molecule is C=CCN1C(=O)c2[nH]nc(-c3c(C)cc(C)cc3O)c2C1c1ccc(OCc2ccccc2)c(OC)c1. The van der Waals surface area contributed by atoms with Gasteiger partial charge in [0.15, 0.2) is 11.5 Å². The number of hydrogen-bond donors (Lipinski definition) is 2. The topological polar surface area (TPSA) is 87.7 Å². The molecule has 0 bridgehead atoms. The molecule has 7 heteroatoms. The number of phenolic OH excluding ortho intramolecular Hbond substituents is 1. The average molecular weight is 496 g/mol. The summed E-state index contributed by atoms with van der Waals surface area (Å²) in [7, 11) is 1.60. The number of aryl methyl sites for hydroxylation is 2. The maximum Gasteiger partial charge on any atom is 0.273 e. The second kappa shape index (κ2) is 9.85. The van der Waals surface area contributed by atoms with Crippen molar-refractivity contribution in [3.63, 3.8) is 0 Å². The first-order valence-electron chi connectivity index (χ1n) is 12.1. The van der Waals surface area contributed by atoms with Gasteiger partial charge in [-0.3, -0.25) is 9.89 Å². The second-order valence-electron chi connectivity index (χ2n) is 9.17. The molecule has 37 heavy (non-hydrogen) atoms. The predicted molar refractivity (Wildman–Crippen MR) is 142 cm³/mol. The number of rotatable bonds is 8. The average Bonchev–Trinajstić information content (AvgIpc) is 3.42. The van der Waals surface area contributed by atoms with Crippen LogP contribution in [0.15, 0.2) is 73.3 Å². The Kier molecular flexibility index (Phi) is 6.44. The van der Waals surface area contributed by atoms with E-state index in [-0.39, 0.29) is 11.7 Å². The van der Waals surface area contributed by atoms with Crippen LogP contribution < -0.4 is 9.47 Å². The molecule has 3 aromatic carbocycles. The number of amides is 1. The molecule has 0 spiro atoms. The Morgan fingerprint density at radius 3 is 2.59 bits per heavy atom. The van der Waals surface area contributed by atoms with Crippen LogP contribution in [0.25, 0.3) is 11.3 Å². The molecule has 0 saturated heterocycles. The van der Waals surface area contributed by atoms with Gasteiger partial charge in [0.05, 0.1) is 13.2 Å². The van der Waals surface area contributed by atoms with Gasteiger partial charge >= 0.3 is 0 Å². The first kappa shape index (κ1) is 24.2. The monoisotopic (exact) mass is 495 g/mol. The molecule has 4 aromatic rings. The van der Waals surface area contributed by atoms with E-state index < -0.39 is 6.04 Å². The van der Waals surface area contributed by atoms with Gasteiger partial charge in [0.25, 0.3) is 5.91 Å². The van der Waals surface area contributed by atoms with Crippen LogP contribution in [0.4, 0.5) is 0 Å². The number of nitrogens with zero attached hydrogens (tertiary/aromatic N) is 2. The molecule has 5 rings (SSSR count). The number of aromatic amines is 1. The van der Waals surface area contributed by atoms with Crippen LogP contribution in [0.5, 0.6) is 17.2 Å². The lowest BCUT2D eigenvalue weighted by atomic mass is 9.93. The third kappa shape index (κ3) is 4.33. The third-order valence-electron chi connectivity index (χ3n) is 6.63. The summed E-state index contributed by atoms with van der Waals surface area (Å²) in [5.41, 5.74) is 6.00. The molecule has 2 heterocycles. The van der Waals surface area contributed by atoms with E-state index in [0.717, 1.165) is 22.3 Å². The van der Waals surface area contributed by atoms with Crippen molar-refractivity contribution < 1.29 is 19.4 Å². The summed E-state index contributed by atoms with van der Waals surface area (Å²) >= 11 is 0. The van der Waals surface area contributed by atoms with Crippen molar-refractivity contribution in [1.82, 2.24) is 15.1 Å². The minimum atomic E-state index is -0.452. The molecule has 1 atom stereocenters. The van der Waals surface area contributed by atoms with Crippen LogP contribution >= 0.6 is 0 Å². The van der Waals surface area contributed by atoms with Crippen LogP contribution in [-0.2, 0) is 6.61 Å². The predicted octanol–water partition coefficient (Wildman–Crippen LogP) is 5.72. The summed E-state index contributed by atoms with van der Waals surface area (Å²) in [6.45, 7) is 8.46. The Morgan fingerprint density at radius 1 is 1.11 bits per heavy atom.